The van der Waals surface area contributed by atoms with E-state index >= 15 is 0 Å². The molecule has 2 N–H and O–H groups in total. The highest BCUT2D eigenvalue weighted by Gasteiger charge is 2.20. The highest BCUT2D eigenvalue weighted by Crippen LogP contribution is 2.13. The van der Waals surface area contributed by atoms with Gasteiger partial charge in [-0.2, -0.15) is 0 Å². The summed E-state index contributed by atoms with van der Waals surface area (Å²) in [4.78, 5) is 22.8. The van der Waals surface area contributed by atoms with Gasteiger partial charge in [-0.25, -0.2) is 4.79 Å². The van der Waals surface area contributed by atoms with Crippen LogP contribution < -0.4 is 5.32 Å². The normalized spacial score (nSPS) is 11.7. The zero-order valence-corrected chi connectivity index (χ0v) is 12.5. The summed E-state index contributed by atoms with van der Waals surface area (Å²) < 4.78 is 1.27. The third kappa shape index (κ3) is 4.62. The molecule has 1 aromatic carbocycles. The number of nitrogens with one attached hydrogen (secondary N) is 1. The Labute approximate surface area is 121 Å². The van der Waals surface area contributed by atoms with Crippen molar-refractivity contribution in [1.82, 2.24) is 5.32 Å². The van der Waals surface area contributed by atoms with E-state index in [9.17, 15) is 9.59 Å². The molecule has 1 aromatic rings. The Hall–Kier alpha value is -1.14. The van der Waals surface area contributed by atoms with Gasteiger partial charge in [-0.05, 0) is 22.7 Å². The number of aliphatic carboxylic acids is 1. The van der Waals surface area contributed by atoms with E-state index in [0.29, 0.717) is 10.0 Å². The SMILES string of the molecule is C=C(Br)C[C@H](NC(=O)c1cccc(Br)c1)C(=O)O. The van der Waals surface area contributed by atoms with E-state index in [1.54, 1.807) is 24.3 Å². The molecule has 0 aliphatic rings. The van der Waals surface area contributed by atoms with E-state index in [-0.39, 0.29) is 6.42 Å². The minimum absolute atomic E-state index is 0.134. The van der Waals surface area contributed by atoms with Crippen LogP contribution in [0.1, 0.15) is 16.8 Å². The summed E-state index contributed by atoms with van der Waals surface area (Å²) in [6, 6.07) is 5.73. The van der Waals surface area contributed by atoms with Crippen molar-refractivity contribution in [3.63, 3.8) is 0 Å². The van der Waals surface area contributed by atoms with Crippen LogP contribution in [0.4, 0.5) is 0 Å². The second-order valence-corrected chi connectivity index (χ2v) is 5.63. The molecule has 0 heterocycles. The summed E-state index contributed by atoms with van der Waals surface area (Å²) >= 11 is 6.33. The van der Waals surface area contributed by atoms with E-state index in [4.69, 9.17) is 5.11 Å². The first-order valence-corrected chi connectivity index (χ1v) is 6.61. The quantitative estimate of drug-likeness (QED) is 0.830. The second kappa shape index (κ2) is 6.70. The molecule has 0 bridgehead atoms. The van der Waals surface area contributed by atoms with Crippen LogP contribution in [-0.4, -0.2) is 23.0 Å². The Kier molecular flexibility index (Phi) is 5.55. The average molecular weight is 377 g/mol. The van der Waals surface area contributed by atoms with Gasteiger partial charge in [0.05, 0.1) is 0 Å². The molecule has 96 valence electrons. The molecule has 0 saturated heterocycles. The van der Waals surface area contributed by atoms with Crippen molar-refractivity contribution in [1.29, 1.82) is 0 Å². The maximum absolute atomic E-state index is 11.9. The number of carbonyl (C=O) groups excluding carboxylic acids is 1. The summed E-state index contributed by atoms with van der Waals surface area (Å²) in [5.74, 6) is -1.53. The molecule has 0 aromatic heterocycles. The van der Waals surface area contributed by atoms with Crippen LogP contribution in [0, 0.1) is 0 Å². The third-order valence-electron chi connectivity index (χ3n) is 2.12. The predicted octanol–water partition coefficient (Wildman–Crippen LogP) is 2.93. The van der Waals surface area contributed by atoms with E-state index in [1.165, 1.54) is 0 Å². The first-order valence-electron chi connectivity index (χ1n) is 5.02. The summed E-state index contributed by atoms with van der Waals surface area (Å²) in [5, 5.41) is 11.4. The Morgan fingerprint density at radius 2 is 2.11 bits per heavy atom. The first kappa shape index (κ1) is 14.9. The fourth-order valence-electron chi connectivity index (χ4n) is 1.29. The lowest BCUT2D eigenvalue weighted by atomic mass is 10.1. The van der Waals surface area contributed by atoms with Gasteiger partial charge in [0.15, 0.2) is 0 Å². The van der Waals surface area contributed by atoms with Crippen LogP contribution in [-0.2, 0) is 4.79 Å². The van der Waals surface area contributed by atoms with Crippen molar-refractivity contribution in [2.75, 3.05) is 0 Å². The Morgan fingerprint density at radius 1 is 1.44 bits per heavy atom. The topological polar surface area (TPSA) is 66.4 Å². The lowest BCUT2D eigenvalue weighted by Gasteiger charge is -2.13. The minimum Gasteiger partial charge on any atom is -0.480 e. The molecule has 1 amide bonds. The molecule has 0 unspecified atom stereocenters. The lowest BCUT2D eigenvalue weighted by Crippen LogP contribution is -2.40. The van der Waals surface area contributed by atoms with Gasteiger partial charge in [-0.15, -0.1) is 0 Å². The monoisotopic (exact) mass is 375 g/mol. The summed E-state index contributed by atoms with van der Waals surface area (Å²) in [7, 11) is 0. The van der Waals surface area contributed by atoms with Crippen LogP contribution in [0.3, 0.4) is 0 Å². The summed E-state index contributed by atoms with van der Waals surface area (Å²) in [6.07, 6.45) is 0.134. The number of carboxylic acids is 1. The average Bonchev–Trinajstić information content (AvgIpc) is 2.27. The number of benzene rings is 1. The second-order valence-electron chi connectivity index (χ2n) is 3.60. The van der Waals surface area contributed by atoms with Crippen molar-refractivity contribution in [2.45, 2.75) is 12.5 Å². The van der Waals surface area contributed by atoms with Gasteiger partial charge in [-0.1, -0.05) is 44.5 Å². The largest absolute Gasteiger partial charge is 0.480 e. The molecular formula is C12H11Br2NO3. The number of carbonyl (C=O) groups is 2. The highest BCUT2D eigenvalue weighted by atomic mass is 79.9. The molecule has 0 saturated carbocycles. The smallest absolute Gasteiger partial charge is 0.326 e. The van der Waals surface area contributed by atoms with Crippen molar-refractivity contribution in [3.05, 3.63) is 45.4 Å². The van der Waals surface area contributed by atoms with Crippen LogP contribution >= 0.6 is 31.9 Å². The van der Waals surface area contributed by atoms with E-state index in [0.717, 1.165) is 4.47 Å². The van der Waals surface area contributed by atoms with Gasteiger partial charge in [-0.3, -0.25) is 4.79 Å². The van der Waals surface area contributed by atoms with Gasteiger partial charge in [0, 0.05) is 16.5 Å². The molecule has 1 atom stereocenters. The molecule has 0 spiro atoms. The molecule has 4 nitrogen and oxygen atoms in total. The number of amides is 1. The zero-order valence-electron chi connectivity index (χ0n) is 9.32. The predicted molar refractivity (Wildman–Crippen MR) is 75.7 cm³/mol. The molecule has 0 aliphatic carbocycles. The van der Waals surface area contributed by atoms with E-state index in [2.05, 4.69) is 43.8 Å². The molecule has 1 rings (SSSR count). The Bertz CT molecular complexity index is 488. The van der Waals surface area contributed by atoms with Crippen LogP contribution in [0.25, 0.3) is 0 Å². The summed E-state index contributed by atoms with van der Waals surface area (Å²) in [5.41, 5.74) is 0.399. The lowest BCUT2D eigenvalue weighted by molar-refractivity contribution is -0.139. The van der Waals surface area contributed by atoms with Gasteiger partial charge in [0.2, 0.25) is 0 Å². The molecule has 0 radical (unpaired) electrons. The van der Waals surface area contributed by atoms with Crippen molar-refractivity contribution >= 4 is 43.7 Å². The molecular weight excluding hydrogens is 366 g/mol. The molecule has 6 heteroatoms. The minimum atomic E-state index is -1.10. The van der Waals surface area contributed by atoms with Crippen molar-refractivity contribution in [3.8, 4) is 0 Å². The Balaban J connectivity index is 2.78. The first-order chi connectivity index (χ1) is 8.40. The highest BCUT2D eigenvalue weighted by molar-refractivity contribution is 9.11. The molecule has 0 aliphatic heterocycles. The van der Waals surface area contributed by atoms with Gasteiger partial charge in [0.25, 0.3) is 5.91 Å². The zero-order chi connectivity index (χ0) is 13.7. The fourth-order valence-corrected chi connectivity index (χ4v) is 2.02. The number of hydrogen-bond donors (Lipinski definition) is 2. The van der Waals surface area contributed by atoms with Crippen molar-refractivity contribution in [2.24, 2.45) is 0 Å². The van der Waals surface area contributed by atoms with Gasteiger partial charge >= 0.3 is 5.97 Å². The third-order valence-corrected chi connectivity index (χ3v) is 2.93. The van der Waals surface area contributed by atoms with E-state index < -0.39 is 17.9 Å². The van der Waals surface area contributed by atoms with Crippen molar-refractivity contribution < 1.29 is 14.7 Å². The van der Waals surface area contributed by atoms with Crippen LogP contribution in [0.5, 0.6) is 0 Å². The fraction of sp³-hybridized carbons (Fsp3) is 0.167. The van der Waals surface area contributed by atoms with Gasteiger partial charge in [0.1, 0.15) is 6.04 Å². The number of carboxylic acid groups (broad SMARTS) is 1. The molecule has 18 heavy (non-hydrogen) atoms. The van der Waals surface area contributed by atoms with E-state index in [1.807, 2.05) is 0 Å². The summed E-state index contributed by atoms with van der Waals surface area (Å²) in [6.45, 7) is 3.57. The van der Waals surface area contributed by atoms with Crippen LogP contribution in [0.2, 0.25) is 0 Å². The maximum Gasteiger partial charge on any atom is 0.326 e. The maximum atomic E-state index is 11.9. The number of hydrogen-bond acceptors (Lipinski definition) is 2. The number of rotatable bonds is 5. The van der Waals surface area contributed by atoms with Gasteiger partial charge < -0.3 is 10.4 Å². The number of halogens is 2. The Morgan fingerprint density at radius 3 is 2.61 bits per heavy atom. The molecule has 0 fully saturated rings. The standard InChI is InChI=1S/C12H11Br2NO3/c1-7(13)5-10(12(17)18)15-11(16)8-3-2-4-9(14)6-8/h2-4,6,10H,1,5H2,(H,15,16)(H,17,18)/t10-/m0/s1. The van der Waals surface area contributed by atoms with Crippen LogP contribution in [0.15, 0.2) is 39.8 Å².